The van der Waals surface area contributed by atoms with Crippen molar-refractivity contribution in [3.05, 3.63) is 12.2 Å². The van der Waals surface area contributed by atoms with Crippen molar-refractivity contribution < 1.29 is 19.2 Å². The zero-order valence-electron chi connectivity index (χ0n) is 19.1. The number of hydrogen-bond acceptors (Lipinski definition) is 8. The maximum Gasteiger partial charge on any atom is 0.234 e. The summed E-state index contributed by atoms with van der Waals surface area (Å²) in [5.41, 5.74) is 0. The Labute approximate surface area is 207 Å². The summed E-state index contributed by atoms with van der Waals surface area (Å²) in [6.07, 6.45) is 4.19. The van der Waals surface area contributed by atoms with E-state index in [1.165, 1.54) is 9.80 Å². The van der Waals surface area contributed by atoms with Gasteiger partial charge in [-0.15, -0.1) is 0 Å². The summed E-state index contributed by atoms with van der Waals surface area (Å²) in [5, 5.41) is 0. The van der Waals surface area contributed by atoms with E-state index >= 15 is 0 Å². The number of carbonyl (C=O) groups is 4. The van der Waals surface area contributed by atoms with E-state index in [4.69, 9.17) is 0 Å². The van der Waals surface area contributed by atoms with Crippen LogP contribution in [-0.4, -0.2) is 106 Å². The Morgan fingerprint density at radius 3 is 1.32 bits per heavy atom. The predicted molar refractivity (Wildman–Crippen MR) is 128 cm³/mol. The molecule has 4 amide bonds. The molecule has 0 spiro atoms. The monoisotopic (exact) mass is 502 g/mol. The lowest BCUT2D eigenvalue weighted by Gasteiger charge is -2.60. The molecule has 34 heavy (non-hydrogen) atoms. The third-order valence-corrected chi connectivity index (χ3v) is 11.3. The number of amides is 4. The maximum absolute atomic E-state index is 13.5. The molecular formula is C24H30N4O4S2. The fourth-order valence-electron chi connectivity index (χ4n) is 7.89. The van der Waals surface area contributed by atoms with Gasteiger partial charge in [-0.25, -0.2) is 0 Å². The number of carbonyl (C=O) groups excluding carboxylic acids is 4. The van der Waals surface area contributed by atoms with E-state index in [9.17, 15) is 19.2 Å². The molecular weight excluding hydrogens is 472 g/mol. The molecule has 0 aromatic heterocycles. The molecule has 0 unspecified atom stereocenters. The van der Waals surface area contributed by atoms with Crippen molar-refractivity contribution in [1.82, 2.24) is 19.6 Å². The highest BCUT2D eigenvalue weighted by molar-refractivity contribution is 7.99. The Morgan fingerprint density at radius 2 is 0.941 bits per heavy atom. The van der Waals surface area contributed by atoms with E-state index in [2.05, 4.69) is 22.0 Å². The maximum atomic E-state index is 13.5. The van der Waals surface area contributed by atoms with Crippen LogP contribution in [0.5, 0.6) is 0 Å². The van der Waals surface area contributed by atoms with Crippen molar-refractivity contribution in [3.63, 3.8) is 0 Å². The minimum Gasteiger partial charge on any atom is -0.284 e. The molecule has 4 aliphatic carbocycles. The number of nitrogens with zero attached hydrogens (tertiary/aromatic N) is 4. The highest BCUT2D eigenvalue weighted by atomic mass is 32.2. The second-order valence-electron chi connectivity index (χ2n) is 10.8. The van der Waals surface area contributed by atoms with Gasteiger partial charge in [0.05, 0.1) is 37.0 Å². The molecule has 0 N–H and O–H groups in total. The molecule has 4 aliphatic heterocycles. The number of thioether (sulfide) groups is 2. The fourth-order valence-corrected chi connectivity index (χ4v) is 9.85. The number of fused-ring (bicyclic) bond motifs is 1. The van der Waals surface area contributed by atoms with Crippen LogP contribution >= 0.6 is 23.5 Å². The lowest BCUT2D eigenvalue weighted by molar-refractivity contribution is -0.166. The normalized spacial score (nSPS) is 43.9. The number of allylic oxidation sites excluding steroid dienone is 2. The Balaban J connectivity index is 1.13. The molecule has 10 heteroatoms. The number of hydrogen-bond donors (Lipinski definition) is 0. The highest BCUT2D eigenvalue weighted by Gasteiger charge is 2.75. The van der Waals surface area contributed by atoms with E-state index in [0.717, 1.165) is 49.2 Å². The van der Waals surface area contributed by atoms with Crippen molar-refractivity contribution >= 4 is 47.2 Å². The number of likely N-dealkylation sites (tertiary alicyclic amines) is 2. The van der Waals surface area contributed by atoms with Gasteiger partial charge in [0.25, 0.3) is 0 Å². The molecule has 2 bridgehead atoms. The minimum atomic E-state index is -0.361. The van der Waals surface area contributed by atoms with Crippen LogP contribution in [0, 0.1) is 47.3 Å². The van der Waals surface area contributed by atoms with Crippen molar-refractivity contribution in [2.45, 2.75) is 0 Å². The first-order valence-corrected chi connectivity index (χ1v) is 14.9. The summed E-state index contributed by atoms with van der Waals surface area (Å²) >= 11 is 3.81. The molecule has 182 valence electrons. The molecule has 4 heterocycles. The minimum absolute atomic E-state index is 0.0164. The summed E-state index contributed by atoms with van der Waals surface area (Å²) in [6, 6.07) is 0. The van der Waals surface area contributed by atoms with E-state index in [0.29, 0.717) is 13.3 Å². The van der Waals surface area contributed by atoms with Gasteiger partial charge >= 0.3 is 0 Å². The van der Waals surface area contributed by atoms with Gasteiger partial charge in [-0.3, -0.25) is 38.8 Å². The Morgan fingerprint density at radius 1 is 0.588 bits per heavy atom. The van der Waals surface area contributed by atoms with Gasteiger partial charge in [-0.2, -0.15) is 23.5 Å². The zero-order chi connectivity index (χ0) is 23.1. The summed E-state index contributed by atoms with van der Waals surface area (Å²) in [6.45, 7) is 4.36. The molecule has 0 aromatic carbocycles. The molecule has 2 saturated carbocycles. The Hall–Kier alpha value is -1.36. The van der Waals surface area contributed by atoms with Crippen LogP contribution in [0.4, 0.5) is 0 Å². The quantitative estimate of drug-likeness (QED) is 0.400. The van der Waals surface area contributed by atoms with Gasteiger partial charge in [-0.05, 0) is 23.7 Å². The second-order valence-corrected chi connectivity index (χ2v) is 13.2. The molecule has 8 atom stereocenters. The molecule has 4 saturated heterocycles. The first kappa shape index (κ1) is 21.9. The SMILES string of the molecule is O=C1[C@@H]2[C@@H]3C=C[C@@H]([C@@H]2C(=O)N1CN1CCSCC1)[C@@H]1[C@@H]2C(=O)N(CN4CCSCC4)C(=O)[C@@H]2[C@H]31. The average molecular weight is 503 g/mol. The third kappa shape index (κ3) is 2.94. The van der Waals surface area contributed by atoms with Gasteiger partial charge in [0, 0.05) is 49.2 Å². The number of imide groups is 2. The van der Waals surface area contributed by atoms with Crippen molar-refractivity contribution in [2.24, 2.45) is 47.3 Å². The van der Waals surface area contributed by atoms with Crippen LogP contribution in [0.3, 0.4) is 0 Å². The summed E-state index contributed by atoms with van der Waals surface area (Å²) < 4.78 is 0. The molecule has 8 nitrogen and oxygen atoms in total. The van der Waals surface area contributed by atoms with E-state index in [1.54, 1.807) is 0 Å². The van der Waals surface area contributed by atoms with E-state index in [1.807, 2.05) is 23.5 Å². The average Bonchev–Trinajstić information content (AvgIpc) is 3.21. The topological polar surface area (TPSA) is 81.2 Å². The second kappa shape index (κ2) is 8.08. The van der Waals surface area contributed by atoms with Crippen LogP contribution in [0.15, 0.2) is 12.2 Å². The van der Waals surface area contributed by atoms with Crippen molar-refractivity contribution in [1.29, 1.82) is 0 Å². The Kier molecular flexibility index (Phi) is 5.20. The van der Waals surface area contributed by atoms with Crippen LogP contribution in [0.1, 0.15) is 0 Å². The van der Waals surface area contributed by atoms with Crippen LogP contribution in [0.25, 0.3) is 0 Å². The zero-order valence-corrected chi connectivity index (χ0v) is 20.7. The van der Waals surface area contributed by atoms with Crippen molar-refractivity contribution in [2.75, 3.05) is 62.5 Å². The highest BCUT2D eigenvalue weighted by Crippen LogP contribution is 2.68. The molecule has 6 fully saturated rings. The summed E-state index contributed by atoms with van der Waals surface area (Å²) in [7, 11) is 0. The lowest BCUT2D eigenvalue weighted by Crippen LogP contribution is -2.63. The van der Waals surface area contributed by atoms with Gasteiger partial charge in [-0.1, -0.05) is 12.2 Å². The smallest absolute Gasteiger partial charge is 0.234 e. The molecule has 0 radical (unpaired) electrons. The van der Waals surface area contributed by atoms with Crippen molar-refractivity contribution in [3.8, 4) is 0 Å². The van der Waals surface area contributed by atoms with Gasteiger partial charge in [0.15, 0.2) is 0 Å². The molecule has 0 aromatic rings. The first-order chi connectivity index (χ1) is 16.6. The molecule has 8 aliphatic rings. The standard InChI is InChI=1S/C24H30N4O4S2/c29-21-17-13-1-2-14(18(17)22(30)27(21)11-25-3-7-33-8-4-25)16-15(13)19-20(16)24(32)28(23(19)31)12-26-5-9-34-10-6-26/h1-2,13-20H,3-12H2/t13-,14-,15-,16+,17-,18+,19-,20+/m1/s1. The van der Waals surface area contributed by atoms with E-state index in [-0.39, 0.29) is 71.0 Å². The van der Waals surface area contributed by atoms with Gasteiger partial charge < -0.3 is 0 Å². The van der Waals surface area contributed by atoms with Crippen LogP contribution < -0.4 is 0 Å². The third-order valence-electron chi connectivity index (χ3n) is 9.42. The number of rotatable bonds is 4. The fraction of sp³-hybridized carbons (Fsp3) is 0.750. The summed E-state index contributed by atoms with van der Waals surface area (Å²) in [5.74, 6) is 2.36. The van der Waals surface area contributed by atoms with Crippen LogP contribution in [-0.2, 0) is 19.2 Å². The first-order valence-electron chi connectivity index (χ1n) is 12.6. The largest absolute Gasteiger partial charge is 0.284 e. The Bertz CT molecular complexity index is 922. The molecule has 8 rings (SSSR count). The lowest BCUT2D eigenvalue weighted by atomic mass is 9.40. The summed E-state index contributed by atoms with van der Waals surface area (Å²) in [4.78, 5) is 61.3. The van der Waals surface area contributed by atoms with E-state index < -0.39 is 0 Å². The predicted octanol–water partition coefficient (Wildman–Crippen LogP) is 0.263. The van der Waals surface area contributed by atoms with Gasteiger partial charge in [0.1, 0.15) is 0 Å². The van der Waals surface area contributed by atoms with Crippen LogP contribution in [0.2, 0.25) is 0 Å². The van der Waals surface area contributed by atoms with Gasteiger partial charge in [0.2, 0.25) is 23.6 Å².